The lowest BCUT2D eigenvalue weighted by atomic mass is 9.77. The van der Waals surface area contributed by atoms with Crippen LogP contribution in [-0.4, -0.2) is 49.0 Å². The predicted molar refractivity (Wildman–Crippen MR) is 72.0 cm³/mol. The maximum atomic E-state index is 12.1. The number of hydrogen-bond donors (Lipinski definition) is 1. The molecule has 1 spiro atoms. The monoisotopic (exact) mass is 277 g/mol. The zero-order valence-electron chi connectivity index (χ0n) is 11.3. The molecule has 2 fully saturated rings. The first kappa shape index (κ1) is 13.4. The van der Waals surface area contributed by atoms with Gasteiger partial charge in [0.2, 0.25) is 0 Å². The number of ether oxygens (including phenoxy) is 2. The molecule has 1 aromatic rings. The lowest BCUT2D eigenvalue weighted by Crippen LogP contribution is -2.50. The van der Waals surface area contributed by atoms with Crippen LogP contribution < -0.4 is 0 Å². The Kier molecular flexibility index (Phi) is 3.63. The first-order chi connectivity index (χ1) is 9.73. The third kappa shape index (κ3) is 2.39. The van der Waals surface area contributed by atoms with Crippen molar-refractivity contribution in [3.63, 3.8) is 0 Å². The fourth-order valence-corrected chi connectivity index (χ4v) is 2.93. The third-order valence-electron chi connectivity index (χ3n) is 4.28. The average molecular weight is 277 g/mol. The van der Waals surface area contributed by atoms with Gasteiger partial charge in [-0.05, 0) is 5.56 Å². The van der Waals surface area contributed by atoms with Crippen LogP contribution in [-0.2, 0) is 16.1 Å². The van der Waals surface area contributed by atoms with Gasteiger partial charge in [0.1, 0.15) is 6.61 Å². The van der Waals surface area contributed by atoms with Crippen molar-refractivity contribution in [3.8, 4) is 0 Å². The number of carbonyl (C=O) groups is 1. The van der Waals surface area contributed by atoms with Gasteiger partial charge >= 0.3 is 6.09 Å². The summed E-state index contributed by atoms with van der Waals surface area (Å²) in [6.07, 6.45) is -0.309. The summed E-state index contributed by atoms with van der Waals surface area (Å²) in [6.45, 7) is 2.79. The van der Waals surface area contributed by atoms with Crippen molar-refractivity contribution in [1.82, 2.24) is 4.90 Å². The molecule has 1 unspecified atom stereocenters. The van der Waals surface area contributed by atoms with Crippen LogP contribution in [0, 0.1) is 11.3 Å². The Morgan fingerprint density at radius 2 is 2.15 bits per heavy atom. The van der Waals surface area contributed by atoms with Crippen LogP contribution in [0.3, 0.4) is 0 Å². The molecule has 1 atom stereocenters. The molecule has 1 N–H and O–H groups in total. The van der Waals surface area contributed by atoms with Gasteiger partial charge in [-0.25, -0.2) is 4.79 Å². The molecule has 5 nitrogen and oxygen atoms in total. The molecule has 2 heterocycles. The van der Waals surface area contributed by atoms with Crippen LogP contribution in [0.2, 0.25) is 0 Å². The van der Waals surface area contributed by atoms with Crippen molar-refractivity contribution in [2.45, 2.75) is 6.61 Å². The van der Waals surface area contributed by atoms with Gasteiger partial charge in [-0.2, -0.15) is 0 Å². The lowest BCUT2D eigenvalue weighted by molar-refractivity contribution is -0.133. The molecule has 2 saturated heterocycles. The molecule has 2 aliphatic rings. The first-order valence-electron chi connectivity index (χ1n) is 6.88. The van der Waals surface area contributed by atoms with Gasteiger partial charge < -0.3 is 19.5 Å². The second-order valence-electron chi connectivity index (χ2n) is 5.66. The Hall–Kier alpha value is -1.59. The van der Waals surface area contributed by atoms with E-state index in [1.54, 1.807) is 4.90 Å². The molecule has 0 radical (unpaired) electrons. The molecule has 20 heavy (non-hydrogen) atoms. The van der Waals surface area contributed by atoms with Crippen LogP contribution in [0.5, 0.6) is 0 Å². The van der Waals surface area contributed by atoms with E-state index in [1.165, 1.54) is 0 Å². The van der Waals surface area contributed by atoms with E-state index in [0.717, 1.165) is 5.56 Å². The highest BCUT2D eigenvalue weighted by Gasteiger charge is 2.53. The predicted octanol–water partition coefficient (Wildman–Crippen LogP) is 1.26. The van der Waals surface area contributed by atoms with Crippen LogP contribution in [0.15, 0.2) is 30.3 Å². The van der Waals surface area contributed by atoms with Crippen LogP contribution in [0.25, 0.3) is 0 Å². The largest absolute Gasteiger partial charge is 0.445 e. The summed E-state index contributed by atoms with van der Waals surface area (Å²) in [5.41, 5.74) is 0.918. The third-order valence-corrected chi connectivity index (χ3v) is 4.28. The van der Waals surface area contributed by atoms with Crippen molar-refractivity contribution in [2.75, 3.05) is 32.9 Å². The van der Waals surface area contributed by atoms with Crippen molar-refractivity contribution in [1.29, 1.82) is 0 Å². The maximum Gasteiger partial charge on any atom is 0.410 e. The second kappa shape index (κ2) is 5.42. The Morgan fingerprint density at radius 3 is 2.70 bits per heavy atom. The van der Waals surface area contributed by atoms with Crippen molar-refractivity contribution in [2.24, 2.45) is 11.3 Å². The minimum atomic E-state index is -0.309. The van der Waals surface area contributed by atoms with Gasteiger partial charge in [0.25, 0.3) is 0 Å². The fourth-order valence-electron chi connectivity index (χ4n) is 2.93. The minimum absolute atomic E-state index is 0.0550. The molecule has 0 saturated carbocycles. The standard InChI is InChI=1S/C15H19NO4/c17-7-13-6-16(9-15(13)10-19-11-15)14(18)20-8-12-4-2-1-3-5-12/h1-5,13,17H,6-11H2. The molecule has 1 amide bonds. The summed E-state index contributed by atoms with van der Waals surface area (Å²) in [7, 11) is 0. The van der Waals surface area contributed by atoms with Gasteiger partial charge in [0.15, 0.2) is 0 Å². The van der Waals surface area contributed by atoms with Crippen molar-refractivity contribution in [3.05, 3.63) is 35.9 Å². The molecule has 1 aromatic carbocycles. The molecule has 0 aliphatic carbocycles. The number of aliphatic hydroxyl groups is 1. The second-order valence-corrected chi connectivity index (χ2v) is 5.66. The van der Waals surface area contributed by atoms with Crippen LogP contribution >= 0.6 is 0 Å². The fraction of sp³-hybridized carbons (Fsp3) is 0.533. The Labute approximate surface area is 118 Å². The number of aliphatic hydroxyl groups excluding tert-OH is 1. The molecular weight excluding hydrogens is 258 g/mol. The maximum absolute atomic E-state index is 12.1. The highest BCUT2D eigenvalue weighted by Crippen LogP contribution is 2.42. The van der Waals surface area contributed by atoms with Gasteiger partial charge in [0.05, 0.1) is 13.2 Å². The molecule has 0 aromatic heterocycles. The Balaban J connectivity index is 1.56. The summed E-state index contributed by atoms with van der Waals surface area (Å²) in [5.74, 6) is 0.0977. The smallest absolute Gasteiger partial charge is 0.410 e. The van der Waals surface area contributed by atoms with Crippen molar-refractivity contribution >= 4 is 6.09 Å². The minimum Gasteiger partial charge on any atom is -0.445 e. The number of amides is 1. The van der Waals surface area contributed by atoms with E-state index in [4.69, 9.17) is 9.47 Å². The number of hydrogen-bond acceptors (Lipinski definition) is 4. The van der Waals surface area contributed by atoms with Gasteiger partial charge in [-0.3, -0.25) is 0 Å². The molecule has 2 aliphatic heterocycles. The summed E-state index contributed by atoms with van der Waals surface area (Å²) in [5, 5.41) is 9.44. The van der Waals surface area contributed by atoms with E-state index in [9.17, 15) is 9.90 Å². The van der Waals surface area contributed by atoms with E-state index >= 15 is 0 Å². The summed E-state index contributed by atoms with van der Waals surface area (Å²) < 4.78 is 10.6. The van der Waals surface area contributed by atoms with E-state index < -0.39 is 0 Å². The van der Waals surface area contributed by atoms with Gasteiger partial charge in [-0.1, -0.05) is 30.3 Å². The molecular formula is C15H19NO4. The topological polar surface area (TPSA) is 59.0 Å². The van der Waals surface area contributed by atoms with Gasteiger partial charge in [-0.15, -0.1) is 0 Å². The SMILES string of the molecule is O=C(OCc1ccccc1)N1CC(CO)C2(COC2)C1. The zero-order valence-corrected chi connectivity index (χ0v) is 11.3. The highest BCUT2D eigenvalue weighted by molar-refractivity contribution is 5.68. The number of rotatable bonds is 3. The normalized spacial score (nSPS) is 23.6. The average Bonchev–Trinajstić information content (AvgIpc) is 2.86. The summed E-state index contributed by atoms with van der Waals surface area (Å²) >= 11 is 0. The Morgan fingerprint density at radius 1 is 1.40 bits per heavy atom. The van der Waals surface area contributed by atoms with Crippen LogP contribution in [0.4, 0.5) is 4.79 Å². The van der Waals surface area contributed by atoms with E-state index in [-0.39, 0.29) is 30.6 Å². The lowest BCUT2D eigenvalue weighted by Gasteiger charge is -2.41. The zero-order chi connectivity index (χ0) is 14.0. The number of carbonyl (C=O) groups excluding carboxylic acids is 1. The van der Waals surface area contributed by atoms with E-state index in [0.29, 0.717) is 26.3 Å². The summed E-state index contributed by atoms with van der Waals surface area (Å²) in [6, 6.07) is 9.62. The first-order valence-corrected chi connectivity index (χ1v) is 6.88. The summed E-state index contributed by atoms with van der Waals surface area (Å²) in [4.78, 5) is 13.8. The quantitative estimate of drug-likeness (QED) is 0.903. The molecule has 5 heteroatoms. The van der Waals surface area contributed by atoms with E-state index in [2.05, 4.69) is 0 Å². The highest BCUT2D eigenvalue weighted by atomic mass is 16.6. The van der Waals surface area contributed by atoms with Gasteiger partial charge in [0, 0.05) is 31.0 Å². The Bertz CT molecular complexity index is 472. The molecule has 0 bridgehead atoms. The van der Waals surface area contributed by atoms with E-state index in [1.807, 2.05) is 30.3 Å². The number of benzene rings is 1. The number of nitrogens with zero attached hydrogens (tertiary/aromatic N) is 1. The molecule has 3 rings (SSSR count). The molecule has 108 valence electrons. The number of likely N-dealkylation sites (tertiary alicyclic amines) is 1. The van der Waals surface area contributed by atoms with Crippen molar-refractivity contribution < 1.29 is 19.4 Å². The van der Waals surface area contributed by atoms with Crippen LogP contribution in [0.1, 0.15) is 5.56 Å².